The monoisotopic (exact) mass is 371 g/mol. The van der Waals surface area contributed by atoms with Crippen molar-refractivity contribution in [2.24, 2.45) is 13.0 Å². The summed E-state index contributed by atoms with van der Waals surface area (Å²) in [7, 11) is 1.81. The van der Waals surface area contributed by atoms with Gasteiger partial charge < -0.3 is 9.63 Å². The standard InChI is InChI=1S/C18H25N7O2/c1-12(2)8-17-20-16(22-27-17)11-24-6-7-25-13(10-24)9-14(21-25)18(26)15-4-5-19-23(15)3/h4-5,9,12,18,26H,6-8,10-11H2,1-3H3. The Morgan fingerprint density at radius 2 is 2.15 bits per heavy atom. The minimum atomic E-state index is -0.778. The Morgan fingerprint density at radius 3 is 2.89 bits per heavy atom. The summed E-state index contributed by atoms with van der Waals surface area (Å²) in [5, 5.41) is 23.4. The van der Waals surface area contributed by atoms with Crippen molar-refractivity contribution < 1.29 is 9.63 Å². The second-order valence-electron chi connectivity index (χ2n) is 7.48. The molecule has 0 amide bonds. The van der Waals surface area contributed by atoms with Gasteiger partial charge >= 0.3 is 0 Å². The van der Waals surface area contributed by atoms with Crippen LogP contribution in [-0.2, 0) is 33.1 Å². The first kappa shape index (κ1) is 17.9. The number of aliphatic hydroxyl groups is 1. The van der Waals surface area contributed by atoms with Gasteiger partial charge in [0.15, 0.2) is 5.82 Å². The Bertz CT molecular complexity index is 911. The van der Waals surface area contributed by atoms with E-state index in [0.29, 0.717) is 29.9 Å². The quantitative estimate of drug-likeness (QED) is 0.697. The lowest BCUT2D eigenvalue weighted by Crippen LogP contribution is -2.33. The van der Waals surface area contributed by atoms with E-state index in [4.69, 9.17) is 4.52 Å². The van der Waals surface area contributed by atoms with Crippen LogP contribution in [0.3, 0.4) is 0 Å². The molecule has 4 rings (SSSR count). The molecule has 3 aromatic heterocycles. The molecule has 3 aromatic rings. The van der Waals surface area contributed by atoms with Gasteiger partial charge in [-0.1, -0.05) is 19.0 Å². The van der Waals surface area contributed by atoms with Crippen LogP contribution >= 0.6 is 0 Å². The van der Waals surface area contributed by atoms with E-state index >= 15 is 0 Å². The van der Waals surface area contributed by atoms with E-state index in [2.05, 4.69) is 39.1 Å². The summed E-state index contributed by atoms with van der Waals surface area (Å²) in [6.07, 6.45) is 1.70. The van der Waals surface area contributed by atoms with Gasteiger partial charge in [-0.05, 0) is 18.1 Å². The Morgan fingerprint density at radius 1 is 1.30 bits per heavy atom. The van der Waals surface area contributed by atoms with E-state index in [1.165, 1.54) is 0 Å². The van der Waals surface area contributed by atoms with Crippen LogP contribution in [0.2, 0.25) is 0 Å². The summed E-state index contributed by atoms with van der Waals surface area (Å²) in [6.45, 7) is 7.26. The second kappa shape index (κ2) is 7.24. The summed E-state index contributed by atoms with van der Waals surface area (Å²) in [4.78, 5) is 6.75. The Hall–Kier alpha value is -2.52. The Kier molecular flexibility index (Phi) is 4.79. The molecule has 0 saturated carbocycles. The molecule has 0 fully saturated rings. The average Bonchev–Trinajstić information content (AvgIpc) is 3.33. The normalized spacial score (nSPS) is 16.0. The van der Waals surface area contributed by atoms with E-state index < -0.39 is 6.10 Å². The van der Waals surface area contributed by atoms with E-state index in [9.17, 15) is 5.11 Å². The molecule has 9 heteroatoms. The Balaban J connectivity index is 1.43. The molecular formula is C18H25N7O2. The van der Waals surface area contributed by atoms with Crippen molar-refractivity contribution in [2.45, 2.75) is 46.0 Å². The largest absolute Gasteiger partial charge is 0.380 e. The molecule has 1 aliphatic heterocycles. The molecule has 0 aliphatic carbocycles. The van der Waals surface area contributed by atoms with E-state index in [0.717, 1.165) is 37.4 Å². The molecule has 0 bridgehead atoms. The maximum Gasteiger partial charge on any atom is 0.226 e. The molecule has 0 saturated heterocycles. The summed E-state index contributed by atoms with van der Waals surface area (Å²) in [6, 6.07) is 3.77. The van der Waals surface area contributed by atoms with Crippen LogP contribution in [0.25, 0.3) is 0 Å². The summed E-state index contributed by atoms with van der Waals surface area (Å²) in [5.41, 5.74) is 2.45. The number of aryl methyl sites for hydroxylation is 1. The fourth-order valence-corrected chi connectivity index (χ4v) is 3.40. The lowest BCUT2D eigenvalue weighted by atomic mass is 10.1. The zero-order chi connectivity index (χ0) is 19.0. The lowest BCUT2D eigenvalue weighted by molar-refractivity contribution is 0.192. The molecule has 27 heavy (non-hydrogen) atoms. The van der Waals surface area contributed by atoms with Crippen molar-refractivity contribution in [1.82, 2.24) is 34.6 Å². The van der Waals surface area contributed by atoms with Gasteiger partial charge in [0.2, 0.25) is 5.89 Å². The molecule has 0 aromatic carbocycles. The highest BCUT2D eigenvalue weighted by Crippen LogP contribution is 2.23. The van der Waals surface area contributed by atoms with Gasteiger partial charge in [-0.25, -0.2) is 0 Å². The Labute approximate surface area is 157 Å². The lowest BCUT2D eigenvalue weighted by Gasteiger charge is -2.26. The third-order valence-electron chi connectivity index (χ3n) is 4.77. The molecule has 0 spiro atoms. The van der Waals surface area contributed by atoms with Gasteiger partial charge in [0, 0.05) is 32.8 Å². The van der Waals surface area contributed by atoms with Crippen molar-refractivity contribution in [2.75, 3.05) is 6.54 Å². The molecule has 144 valence electrons. The van der Waals surface area contributed by atoms with Crippen LogP contribution < -0.4 is 0 Å². The predicted octanol–water partition coefficient (Wildman–Crippen LogP) is 1.30. The molecule has 1 atom stereocenters. The van der Waals surface area contributed by atoms with Crippen LogP contribution in [0.15, 0.2) is 22.9 Å². The van der Waals surface area contributed by atoms with Crippen molar-refractivity contribution >= 4 is 0 Å². The molecule has 4 heterocycles. The summed E-state index contributed by atoms with van der Waals surface area (Å²) >= 11 is 0. The molecule has 9 nitrogen and oxygen atoms in total. The van der Waals surface area contributed by atoms with Crippen LogP contribution in [0.1, 0.15) is 48.7 Å². The SMILES string of the molecule is CC(C)Cc1nc(CN2CCn3nc(C(O)c4ccnn4C)cc3C2)no1. The number of hydrogen-bond acceptors (Lipinski definition) is 7. The highest BCUT2D eigenvalue weighted by atomic mass is 16.5. The zero-order valence-electron chi connectivity index (χ0n) is 15.9. The van der Waals surface area contributed by atoms with E-state index in [1.54, 1.807) is 16.9 Å². The minimum Gasteiger partial charge on any atom is -0.380 e. The highest BCUT2D eigenvalue weighted by molar-refractivity contribution is 5.22. The number of fused-ring (bicyclic) bond motifs is 1. The minimum absolute atomic E-state index is 0.493. The van der Waals surface area contributed by atoms with Crippen molar-refractivity contribution in [3.8, 4) is 0 Å². The summed E-state index contributed by atoms with van der Waals surface area (Å²) < 4.78 is 8.96. The van der Waals surface area contributed by atoms with E-state index in [1.807, 2.05) is 17.8 Å². The topological polar surface area (TPSA) is 98.0 Å². The average molecular weight is 371 g/mol. The van der Waals surface area contributed by atoms with Gasteiger partial charge in [-0.3, -0.25) is 14.3 Å². The number of aliphatic hydroxyl groups excluding tert-OH is 1. The number of aromatic nitrogens is 6. The molecule has 0 radical (unpaired) electrons. The third-order valence-corrected chi connectivity index (χ3v) is 4.77. The van der Waals surface area contributed by atoms with Crippen LogP contribution in [0.5, 0.6) is 0 Å². The van der Waals surface area contributed by atoms with Gasteiger partial charge in [0.1, 0.15) is 6.10 Å². The van der Waals surface area contributed by atoms with Crippen molar-refractivity contribution in [1.29, 1.82) is 0 Å². The maximum atomic E-state index is 10.6. The third kappa shape index (κ3) is 3.79. The highest BCUT2D eigenvalue weighted by Gasteiger charge is 2.24. The zero-order valence-corrected chi connectivity index (χ0v) is 15.9. The van der Waals surface area contributed by atoms with Crippen LogP contribution in [0, 0.1) is 5.92 Å². The molecule has 1 N–H and O–H groups in total. The van der Waals surface area contributed by atoms with Gasteiger partial charge in [-0.15, -0.1) is 0 Å². The predicted molar refractivity (Wildman–Crippen MR) is 96.5 cm³/mol. The fourth-order valence-electron chi connectivity index (χ4n) is 3.40. The number of hydrogen-bond donors (Lipinski definition) is 1. The molecule has 1 aliphatic rings. The first-order valence-electron chi connectivity index (χ1n) is 9.26. The smallest absolute Gasteiger partial charge is 0.226 e. The molecular weight excluding hydrogens is 346 g/mol. The van der Waals surface area contributed by atoms with Gasteiger partial charge in [-0.2, -0.15) is 15.2 Å². The van der Waals surface area contributed by atoms with Gasteiger partial charge in [0.05, 0.1) is 30.2 Å². The maximum absolute atomic E-state index is 10.6. The summed E-state index contributed by atoms with van der Waals surface area (Å²) in [5.74, 6) is 1.91. The second-order valence-corrected chi connectivity index (χ2v) is 7.48. The number of nitrogens with zero attached hydrogens (tertiary/aromatic N) is 7. The van der Waals surface area contributed by atoms with Gasteiger partial charge in [0.25, 0.3) is 0 Å². The fraction of sp³-hybridized carbons (Fsp3) is 0.556. The first-order chi connectivity index (χ1) is 13.0. The van der Waals surface area contributed by atoms with Crippen LogP contribution in [-0.4, -0.2) is 46.3 Å². The van der Waals surface area contributed by atoms with Crippen molar-refractivity contribution in [3.63, 3.8) is 0 Å². The van der Waals surface area contributed by atoms with Crippen LogP contribution in [0.4, 0.5) is 0 Å². The first-order valence-corrected chi connectivity index (χ1v) is 9.26. The van der Waals surface area contributed by atoms with E-state index in [-0.39, 0.29) is 0 Å². The number of rotatable bonds is 6. The molecule has 1 unspecified atom stereocenters. The van der Waals surface area contributed by atoms with Crippen molar-refractivity contribution in [3.05, 3.63) is 47.1 Å².